The number of benzene rings is 1. The molecule has 2 amide bonds. The van der Waals surface area contributed by atoms with E-state index in [1.165, 1.54) is 21.1 Å². The van der Waals surface area contributed by atoms with Gasteiger partial charge in [0.15, 0.2) is 0 Å². The molecule has 1 aliphatic rings. The lowest BCUT2D eigenvalue weighted by Crippen LogP contribution is -2.43. The average molecular weight is 453 g/mol. The number of amides is 2. The summed E-state index contributed by atoms with van der Waals surface area (Å²) in [6, 6.07) is 8.39. The number of carbonyl (C=O) groups is 2. The molecule has 0 bridgehead atoms. The lowest BCUT2D eigenvalue weighted by Gasteiger charge is -2.31. The number of nitrogens with two attached hydrogens (primary N) is 1. The van der Waals surface area contributed by atoms with E-state index in [2.05, 4.69) is 5.32 Å². The first-order chi connectivity index (χ1) is 14.1. The molecule has 2 aromatic rings. The van der Waals surface area contributed by atoms with Crippen molar-refractivity contribution in [1.82, 2.24) is 14.2 Å². The molecule has 1 fully saturated rings. The Labute approximate surface area is 181 Å². The minimum Gasteiger partial charge on any atom is -0.364 e. The number of sulfonamides is 1. The third-order valence-electron chi connectivity index (χ3n) is 5.40. The Bertz CT molecular complexity index is 1060. The minimum absolute atomic E-state index is 0.0243. The Morgan fingerprint density at radius 1 is 1.23 bits per heavy atom. The van der Waals surface area contributed by atoms with Crippen LogP contribution in [0.3, 0.4) is 0 Å². The molecule has 1 aromatic carbocycles. The predicted molar refractivity (Wildman–Crippen MR) is 113 cm³/mol. The van der Waals surface area contributed by atoms with Crippen LogP contribution < -0.4 is 11.1 Å². The van der Waals surface area contributed by atoms with E-state index >= 15 is 0 Å². The highest BCUT2D eigenvalue weighted by atomic mass is 35.5. The first-order valence-corrected chi connectivity index (χ1v) is 11.4. The van der Waals surface area contributed by atoms with Gasteiger partial charge in [0.1, 0.15) is 10.6 Å². The number of primary amides is 1. The van der Waals surface area contributed by atoms with Crippen molar-refractivity contribution < 1.29 is 18.0 Å². The van der Waals surface area contributed by atoms with Gasteiger partial charge in [0.25, 0.3) is 5.91 Å². The number of carbonyl (C=O) groups excluding carboxylic acids is 2. The molecule has 2 heterocycles. The van der Waals surface area contributed by atoms with Crippen LogP contribution in [0.2, 0.25) is 5.02 Å². The molecule has 0 saturated carbocycles. The molecule has 1 aromatic heterocycles. The Kier molecular flexibility index (Phi) is 6.54. The fraction of sp³-hybridized carbons (Fsp3) is 0.400. The van der Waals surface area contributed by atoms with E-state index in [1.807, 2.05) is 25.1 Å². The number of aromatic nitrogens is 1. The van der Waals surface area contributed by atoms with Crippen molar-refractivity contribution in [1.29, 1.82) is 0 Å². The fourth-order valence-electron chi connectivity index (χ4n) is 3.62. The number of hydrogen-bond acceptors (Lipinski definition) is 4. The van der Waals surface area contributed by atoms with Crippen LogP contribution in [0.15, 0.2) is 41.4 Å². The number of halogens is 1. The summed E-state index contributed by atoms with van der Waals surface area (Å²) in [4.78, 5) is 24.1. The van der Waals surface area contributed by atoms with Gasteiger partial charge < -0.3 is 15.6 Å². The zero-order valence-corrected chi connectivity index (χ0v) is 18.4. The van der Waals surface area contributed by atoms with E-state index in [1.54, 1.807) is 13.1 Å². The van der Waals surface area contributed by atoms with Crippen LogP contribution in [0, 0.1) is 5.92 Å². The third kappa shape index (κ3) is 4.69. The van der Waals surface area contributed by atoms with Gasteiger partial charge in [0, 0.05) is 37.3 Å². The Morgan fingerprint density at radius 2 is 1.90 bits per heavy atom. The van der Waals surface area contributed by atoms with Gasteiger partial charge in [-0.25, -0.2) is 8.42 Å². The summed E-state index contributed by atoms with van der Waals surface area (Å²) in [5, 5.41) is 3.59. The lowest BCUT2D eigenvalue weighted by atomic mass is 9.96. The molecule has 0 unspecified atom stereocenters. The first kappa shape index (κ1) is 22.3. The standard InChI is InChI=1S/C20H25ClN4O4S/c1-13(15-4-3-5-16(21)10-15)23-20(27)14-6-8-25(9-7-14)30(28,29)17-11-18(19(22)26)24(2)12-17/h3-5,10-14H,6-9H2,1-2H3,(H2,22,26)(H,23,27)/t13-/m0/s1. The molecule has 0 radical (unpaired) electrons. The summed E-state index contributed by atoms with van der Waals surface area (Å²) < 4.78 is 28.5. The van der Waals surface area contributed by atoms with E-state index in [4.69, 9.17) is 17.3 Å². The Hall–Kier alpha value is -2.36. The average Bonchev–Trinajstić information content (AvgIpc) is 3.11. The maximum atomic E-state index is 12.9. The first-order valence-electron chi connectivity index (χ1n) is 9.61. The molecule has 3 N–H and O–H groups in total. The zero-order valence-electron chi connectivity index (χ0n) is 16.8. The van der Waals surface area contributed by atoms with Crippen molar-refractivity contribution in [2.75, 3.05) is 13.1 Å². The second-order valence-corrected chi connectivity index (χ2v) is 9.87. The van der Waals surface area contributed by atoms with Crippen LogP contribution in [-0.4, -0.2) is 42.2 Å². The fourth-order valence-corrected chi connectivity index (χ4v) is 5.36. The Balaban J connectivity index is 1.62. The van der Waals surface area contributed by atoms with Gasteiger partial charge in [-0.15, -0.1) is 0 Å². The molecule has 8 nitrogen and oxygen atoms in total. The molecule has 1 aliphatic heterocycles. The maximum Gasteiger partial charge on any atom is 0.265 e. The number of nitrogens with one attached hydrogen (secondary N) is 1. The largest absolute Gasteiger partial charge is 0.364 e. The molecular weight excluding hydrogens is 428 g/mol. The van der Waals surface area contributed by atoms with Gasteiger partial charge >= 0.3 is 0 Å². The summed E-state index contributed by atoms with van der Waals surface area (Å²) in [6.07, 6.45) is 2.21. The SMILES string of the molecule is C[C@H](NC(=O)C1CCN(S(=O)(=O)c2cc(C(N)=O)n(C)c2)CC1)c1cccc(Cl)c1. The molecule has 30 heavy (non-hydrogen) atoms. The van der Waals surface area contributed by atoms with Crippen LogP contribution in [0.1, 0.15) is 41.9 Å². The molecule has 0 aliphatic carbocycles. The lowest BCUT2D eigenvalue weighted by molar-refractivity contribution is -0.126. The summed E-state index contributed by atoms with van der Waals surface area (Å²) in [6.45, 7) is 2.34. The smallest absolute Gasteiger partial charge is 0.265 e. The highest BCUT2D eigenvalue weighted by molar-refractivity contribution is 7.89. The van der Waals surface area contributed by atoms with E-state index in [0.717, 1.165) is 5.56 Å². The van der Waals surface area contributed by atoms with Crippen molar-refractivity contribution in [2.24, 2.45) is 18.7 Å². The van der Waals surface area contributed by atoms with E-state index in [-0.39, 0.29) is 41.5 Å². The molecule has 1 saturated heterocycles. The molecule has 1 atom stereocenters. The predicted octanol–water partition coefficient (Wildman–Crippen LogP) is 2.06. The molecule has 0 spiro atoms. The zero-order chi connectivity index (χ0) is 22.1. The van der Waals surface area contributed by atoms with Gasteiger partial charge in [-0.2, -0.15) is 4.31 Å². The molecule has 3 rings (SSSR count). The summed E-state index contributed by atoms with van der Waals surface area (Å²) in [5.41, 5.74) is 6.30. The maximum absolute atomic E-state index is 12.9. The Morgan fingerprint density at radius 3 is 2.47 bits per heavy atom. The van der Waals surface area contributed by atoms with Gasteiger partial charge in [0.2, 0.25) is 15.9 Å². The van der Waals surface area contributed by atoms with Crippen LogP contribution >= 0.6 is 11.6 Å². The second-order valence-electron chi connectivity index (χ2n) is 7.50. The normalized spacial score (nSPS) is 16.9. The number of hydrogen-bond donors (Lipinski definition) is 2. The summed E-state index contributed by atoms with van der Waals surface area (Å²) in [7, 11) is -2.19. The van der Waals surface area contributed by atoms with Crippen LogP contribution in [-0.2, 0) is 21.9 Å². The van der Waals surface area contributed by atoms with Gasteiger partial charge in [0.05, 0.1) is 6.04 Å². The monoisotopic (exact) mass is 452 g/mol. The second kappa shape index (κ2) is 8.79. The number of aryl methyl sites for hydroxylation is 1. The number of piperidine rings is 1. The quantitative estimate of drug-likeness (QED) is 0.697. The topological polar surface area (TPSA) is 114 Å². The minimum atomic E-state index is -3.76. The van der Waals surface area contributed by atoms with E-state index in [9.17, 15) is 18.0 Å². The highest BCUT2D eigenvalue weighted by Gasteiger charge is 2.33. The van der Waals surface area contributed by atoms with Crippen molar-refractivity contribution in [3.63, 3.8) is 0 Å². The highest BCUT2D eigenvalue weighted by Crippen LogP contribution is 2.26. The number of rotatable bonds is 6. The van der Waals surface area contributed by atoms with Crippen molar-refractivity contribution in [3.05, 3.63) is 52.8 Å². The van der Waals surface area contributed by atoms with Crippen molar-refractivity contribution >= 4 is 33.4 Å². The number of nitrogens with zero attached hydrogens (tertiary/aromatic N) is 2. The summed E-state index contributed by atoms with van der Waals surface area (Å²) >= 11 is 6.01. The van der Waals surface area contributed by atoms with Crippen LogP contribution in [0.4, 0.5) is 0 Å². The van der Waals surface area contributed by atoms with Gasteiger partial charge in [-0.05, 0) is 43.5 Å². The van der Waals surface area contributed by atoms with Crippen molar-refractivity contribution in [3.8, 4) is 0 Å². The van der Waals surface area contributed by atoms with Crippen LogP contribution in [0.5, 0.6) is 0 Å². The van der Waals surface area contributed by atoms with E-state index < -0.39 is 15.9 Å². The summed E-state index contributed by atoms with van der Waals surface area (Å²) in [5.74, 6) is -1.06. The van der Waals surface area contributed by atoms with Crippen molar-refractivity contribution in [2.45, 2.75) is 30.7 Å². The molecular formula is C20H25ClN4O4S. The van der Waals surface area contributed by atoms with Gasteiger partial charge in [-0.1, -0.05) is 23.7 Å². The van der Waals surface area contributed by atoms with Gasteiger partial charge in [-0.3, -0.25) is 9.59 Å². The molecule has 10 heteroatoms. The third-order valence-corrected chi connectivity index (χ3v) is 7.50. The van der Waals surface area contributed by atoms with E-state index in [0.29, 0.717) is 17.9 Å². The van der Waals surface area contributed by atoms with Crippen LogP contribution in [0.25, 0.3) is 0 Å². The molecule has 162 valence electrons.